The summed E-state index contributed by atoms with van der Waals surface area (Å²) in [6.45, 7) is 9.59. The van der Waals surface area contributed by atoms with Crippen LogP contribution in [-0.2, 0) is 16.2 Å². The second-order valence-electron chi connectivity index (χ2n) is 17.6. The standard InChI is InChI=1S/C55H43N/c1-53(2)43-24-11-9-21-41(43)51-47(53)28-16-29-49(51)56(34-31-32-39-35-17-5-10-23-42(35)54(3,4)48(39)33-34)50-30-15-22-40-38-20-8-14-27-46(38)55(52(40)50)44-25-12-6-18-36(44)37-19-7-13-26-45(37)55/h5-33,38,46H,1-4H3. The number of rotatable bonds is 3. The Morgan fingerprint density at radius 2 is 0.946 bits per heavy atom. The minimum absolute atomic E-state index is 0.122. The predicted molar refractivity (Wildman–Crippen MR) is 233 cm³/mol. The molecule has 0 saturated carbocycles. The van der Waals surface area contributed by atoms with Crippen LogP contribution in [0.4, 0.5) is 17.1 Å². The van der Waals surface area contributed by atoms with Crippen LogP contribution in [0.1, 0.15) is 78.1 Å². The third kappa shape index (κ3) is 3.81. The second kappa shape index (κ2) is 11.0. The summed E-state index contributed by atoms with van der Waals surface area (Å²) in [6, 6.07) is 58.1. The molecule has 0 fully saturated rings. The molecule has 0 bridgehead atoms. The first-order valence-corrected chi connectivity index (χ1v) is 20.3. The molecule has 0 amide bonds. The van der Waals surface area contributed by atoms with Gasteiger partial charge in [0.1, 0.15) is 0 Å². The maximum Gasteiger partial charge on any atom is 0.0558 e. The Hall–Kier alpha value is -6.18. The van der Waals surface area contributed by atoms with Gasteiger partial charge in [0, 0.05) is 33.9 Å². The fourth-order valence-electron chi connectivity index (χ4n) is 12.0. The summed E-state index contributed by atoms with van der Waals surface area (Å²) in [4.78, 5) is 2.66. The Balaban J connectivity index is 1.21. The van der Waals surface area contributed by atoms with Gasteiger partial charge in [-0.15, -0.1) is 0 Å². The lowest BCUT2D eigenvalue weighted by atomic mass is 9.65. The normalized spacial score (nSPS) is 19.7. The van der Waals surface area contributed by atoms with Crippen molar-refractivity contribution >= 4 is 17.1 Å². The van der Waals surface area contributed by atoms with Gasteiger partial charge in [-0.1, -0.05) is 179 Å². The first-order chi connectivity index (χ1) is 27.3. The molecule has 56 heavy (non-hydrogen) atoms. The first-order valence-electron chi connectivity index (χ1n) is 20.3. The van der Waals surface area contributed by atoms with Crippen molar-refractivity contribution in [3.05, 3.63) is 220 Å². The molecule has 1 nitrogen and oxygen atoms in total. The van der Waals surface area contributed by atoms with E-state index in [1.54, 1.807) is 0 Å². The van der Waals surface area contributed by atoms with Gasteiger partial charge in [-0.25, -0.2) is 0 Å². The van der Waals surface area contributed by atoms with Crippen LogP contribution in [0.5, 0.6) is 0 Å². The smallest absolute Gasteiger partial charge is 0.0558 e. The van der Waals surface area contributed by atoms with Crippen molar-refractivity contribution in [2.75, 3.05) is 4.90 Å². The van der Waals surface area contributed by atoms with Gasteiger partial charge in [0.2, 0.25) is 0 Å². The van der Waals surface area contributed by atoms with Crippen molar-refractivity contribution in [1.82, 2.24) is 0 Å². The van der Waals surface area contributed by atoms with E-state index in [1.807, 2.05) is 0 Å². The molecule has 0 saturated heterocycles. The number of benzene rings is 7. The summed E-state index contributed by atoms with van der Waals surface area (Å²) in [5, 5.41) is 0. The van der Waals surface area contributed by atoms with Gasteiger partial charge in [-0.3, -0.25) is 0 Å². The van der Waals surface area contributed by atoms with E-state index in [1.165, 1.54) is 95.0 Å². The van der Waals surface area contributed by atoms with Crippen LogP contribution in [0.25, 0.3) is 33.4 Å². The summed E-state index contributed by atoms with van der Waals surface area (Å²) in [5.74, 6) is 0.496. The molecule has 0 radical (unpaired) electrons. The van der Waals surface area contributed by atoms with Crippen molar-refractivity contribution in [2.45, 2.75) is 49.9 Å². The zero-order chi connectivity index (χ0) is 37.6. The molecule has 7 aromatic carbocycles. The number of allylic oxidation sites excluding steroid dienone is 4. The van der Waals surface area contributed by atoms with Gasteiger partial charge in [-0.2, -0.15) is 0 Å². The largest absolute Gasteiger partial charge is 0.310 e. The fraction of sp³-hybridized carbons (Fsp3) is 0.164. The van der Waals surface area contributed by atoms with Crippen molar-refractivity contribution < 1.29 is 0 Å². The van der Waals surface area contributed by atoms with Crippen LogP contribution in [0.15, 0.2) is 176 Å². The molecule has 0 aliphatic heterocycles. The highest BCUT2D eigenvalue weighted by atomic mass is 15.2. The number of fused-ring (bicyclic) bond motifs is 16. The first kappa shape index (κ1) is 32.1. The Kier molecular flexibility index (Phi) is 6.30. The number of hydrogen-bond donors (Lipinski definition) is 0. The summed E-state index contributed by atoms with van der Waals surface area (Å²) in [7, 11) is 0. The third-order valence-electron chi connectivity index (χ3n) is 14.3. The zero-order valence-corrected chi connectivity index (χ0v) is 32.3. The van der Waals surface area contributed by atoms with E-state index in [9.17, 15) is 0 Å². The lowest BCUT2D eigenvalue weighted by Crippen LogP contribution is -2.34. The molecule has 5 aliphatic rings. The minimum Gasteiger partial charge on any atom is -0.310 e. The van der Waals surface area contributed by atoms with Crippen LogP contribution in [0.2, 0.25) is 0 Å². The van der Waals surface area contributed by atoms with E-state index >= 15 is 0 Å². The summed E-state index contributed by atoms with van der Waals surface area (Å²) < 4.78 is 0. The summed E-state index contributed by atoms with van der Waals surface area (Å²) >= 11 is 0. The Labute approximate surface area is 330 Å². The maximum atomic E-state index is 2.66. The topological polar surface area (TPSA) is 3.24 Å². The van der Waals surface area contributed by atoms with Crippen LogP contribution in [0, 0.1) is 5.92 Å². The minimum atomic E-state index is -0.370. The second-order valence-corrected chi connectivity index (χ2v) is 17.6. The molecule has 2 unspecified atom stereocenters. The molecule has 0 aromatic heterocycles. The van der Waals surface area contributed by atoms with Gasteiger partial charge in [0.25, 0.3) is 0 Å². The van der Waals surface area contributed by atoms with Crippen LogP contribution < -0.4 is 4.90 Å². The average molecular weight is 718 g/mol. The lowest BCUT2D eigenvalue weighted by molar-refractivity contribution is 0.466. The fourth-order valence-corrected chi connectivity index (χ4v) is 12.0. The third-order valence-corrected chi connectivity index (χ3v) is 14.3. The lowest BCUT2D eigenvalue weighted by Gasteiger charge is -2.39. The van der Waals surface area contributed by atoms with Crippen molar-refractivity contribution in [1.29, 1.82) is 0 Å². The summed E-state index contributed by atoms with van der Waals surface area (Å²) in [5.41, 5.74) is 22.4. The van der Waals surface area contributed by atoms with E-state index in [0.717, 1.165) is 0 Å². The SMILES string of the molecule is CC1(C)c2ccccc2-c2ccc(N(c3cccc4c3-c3ccccc3C4(C)C)c3cccc4c3C3(c5ccccc5-c5ccccc53)C3C=CC=CC43)cc21. The van der Waals surface area contributed by atoms with Crippen molar-refractivity contribution in [2.24, 2.45) is 5.92 Å². The Morgan fingerprint density at radius 1 is 0.429 bits per heavy atom. The maximum absolute atomic E-state index is 2.66. The molecule has 0 N–H and O–H groups in total. The highest BCUT2D eigenvalue weighted by molar-refractivity contribution is 5.98. The van der Waals surface area contributed by atoms with Crippen molar-refractivity contribution in [3.8, 4) is 33.4 Å². The molecule has 268 valence electrons. The molecule has 7 aromatic rings. The van der Waals surface area contributed by atoms with Crippen molar-refractivity contribution in [3.63, 3.8) is 0 Å². The van der Waals surface area contributed by atoms with Gasteiger partial charge in [0.05, 0.1) is 16.8 Å². The number of anilines is 3. The molecule has 12 rings (SSSR count). The van der Waals surface area contributed by atoms with E-state index in [2.05, 4.69) is 209 Å². The van der Waals surface area contributed by atoms with Gasteiger partial charge in [0.15, 0.2) is 0 Å². The van der Waals surface area contributed by atoms with E-state index < -0.39 is 0 Å². The quantitative estimate of drug-likeness (QED) is 0.176. The highest BCUT2D eigenvalue weighted by Gasteiger charge is 2.58. The highest BCUT2D eigenvalue weighted by Crippen LogP contribution is 2.68. The molecular weight excluding hydrogens is 675 g/mol. The number of nitrogens with zero attached hydrogens (tertiary/aromatic N) is 1. The van der Waals surface area contributed by atoms with Crippen LogP contribution in [0.3, 0.4) is 0 Å². The average Bonchev–Trinajstić information content (AvgIpc) is 3.87. The molecule has 0 heterocycles. The molecule has 1 heteroatoms. The van der Waals surface area contributed by atoms with E-state index in [-0.39, 0.29) is 28.1 Å². The summed E-state index contributed by atoms with van der Waals surface area (Å²) in [6.07, 6.45) is 9.53. The van der Waals surface area contributed by atoms with Gasteiger partial charge in [-0.05, 0) is 96.6 Å². The molecular formula is C55H43N. The van der Waals surface area contributed by atoms with Crippen LogP contribution >= 0.6 is 0 Å². The number of hydrogen-bond acceptors (Lipinski definition) is 1. The predicted octanol–water partition coefficient (Wildman–Crippen LogP) is 13.9. The Morgan fingerprint density at radius 3 is 1.66 bits per heavy atom. The van der Waals surface area contributed by atoms with E-state index in [4.69, 9.17) is 0 Å². The van der Waals surface area contributed by atoms with Gasteiger partial charge >= 0.3 is 0 Å². The van der Waals surface area contributed by atoms with Gasteiger partial charge < -0.3 is 4.90 Å². The molecule has 2 atom stereocenters. The Bertz CT molecular complexity index is 2850. The monoisotopic (exact) mass is 717 g/mol. The zero-order valence-electron chi connectivity index (χ0n) is 32.3. The molecule has 1 spiro atoms. The molecule has 5 aliphatic carbocycles. The van der Waals surface area contributed by atoms with Crippen LogP contribution in [-0.4, -0.2) is 0 Å². The van der Waals surface area contributed by atoms with E-state index in [0.29, 0.717) is 0 Å².